The van der Waals surface area contributed by atoms with Gasteiger partial charge in [0.2, 0.25) is 4.80 Å². The zero-order chi connectivity index (χ0) is 18.6. The normalized spacial score (nSPS) is 15.1. The second-order valence-electron chi connectivity index (χ2n) is 6.63. The van der Waals surface area contributed by atoms with Crippen LogP contribution in [0.4, 0.5) is 0 Å². The van der Waals surface area contributed by atoms with Crippen LogP contribution in [0.3, 0.4) is 0 Å². The summed E-state index contributed by atoms with van der Waals surface area (Å²) in [6, 6.07) is 18.0. The molecule has 1 heterocycles. The summed E-state index contributed by atoms with van der Waals surface area (Å²) < 4.78 is 1.64. The van der Waals surface area contributed by atoms with Gasteiger partial charge in [0.15, 0.2) is 0 Å². The number of hydrogen-bond donors (Lipinski definition) is 1. The zero-order valence-electron chi connectivity index (χ0n) is 14.9. The standard InChI is InChI=1S/C21H21ClN4S/c22-17-13-11-15(12-14-17)19-20(16-7-3-1-4-8-16)27-21(26(19)23)25-24-18-9-5-2-6-10-18/h1,3-4,7-8,11-14H,2,5-6,9-10,23H2. The highest BCUT2D eigenvalue weighted by Gasteiger charge is 2.16. The van der Waals surface area contributed by atoms with Crippen LogP contribution in [-0.4, -0.2) is 10.4 Å². The molecule has 6 heteroatoms. The maximum absolute atomic E-state index is 6.46. The van der Waals surface area contributed by atoms with Crippen molar-refractivity contribution in [2.24, 2.45) is 10.2 Å². The van der Waals surface area contributed by atoms with Crippen molar-refractivity contribution in [2.45, 2.75) is 32.1 Å². The molecule has 1 fully saturated rings. The lowest BCUT2D eigenvalue weighted by Gasteiger charge is -2.09. The Morgan fingerprint density at radius 2 is 1.56 bits per heavy atom. The smallest absolute Gasteiger partial charge is 0.229 e. The number of nitrogens with two attached hydrogens (primary N) is 1. The third kappa shape index (κ3) is 3.99. The van der Waals surface area contributed by atoms with Gasteiger partial charge in [-0.2, -0.15) is 5.10 Å². The van der Waals surface area contributed by atoms with Crippen molar-refractivity contribution in [3.05, 3.63) is 64.4 Å². The molecule has 4 nitrogen and oxygen atoms in total. The van der Waals surface area contributed by atoms with Crippen LogP contribution in [0.5, 0.6) is 0 Å². The maximum Gasteiger partial charge on any atom is 0.229 e. The molecule has 0 spiro atoms. The fourth-order valence-electron chi connectivity index (χ4n) is 3.30. The number of nitrogens with zero attached hydrogens (tertiary/aromatic N) is 3. The van der Waals surface area contributed by atoms with Gasteiger partial charge in [-0.1, -0.05) is 71.8 Å². The Kier molecular flexibility index (Phi) is 5.41. The number of nitrogen functional groups attached to an aromatic ring is 1. The topological polar surface area (TPSA) is 55.7 Å². The number of thiazole rings is 1. The van der Waals surface area contributed by atoms with Crippen LogP contribution in [0.15, 0.2) is 64.8 Å². The number of halogens is 1. The van der Waals surface area contributed by atoms with E-state index in [0.29, 0.717) is 9.82 Å². The Morgan fingerprint density at radius 3 is 2.26 bits per heavy atom. The summed E-state index contributed by atoms with van der Waals surface area (Å²) in [5.74, 6) is 6.46. The van der Waals surface area contributed by atoms with Gasteiger partial charge in [-0.05, 0) is 43.4 Å². The molecule has 1 aromatic heterocycles. The van der Waals surface area contributed by atoms with Crippen LogP contribution in [-0.2, 0) is 0 Å². The molecular formula is C21H21ClN4S. The monoisotopic (exact) mass is 396 g/mol. The molecule has 0 atom stereocenters. The second kappa shape index (κ2) is 8.11. The average molecular weight is 397 g/mol. The third-order valence-corrected chi connectivity index (χ3v) is 6.06. The molecule has 3 aromatic rings. The fourth-order valence-corrected chi connectivity index (χ4v) is 4.45. The first-order chi connectivity index (χ1) is 13.2. The Morgan fingerprint density at radius 1 is 0.852 bits per heavy atom. The molecular weight excluding hydrogens is 376 g/mol. The predicted octanol–water partition coefficient (Wildman–Crippen LogP) is 5.47. The van der Waals surface area contributed by atoms with Crippen molar-refractivity contribution < 1.29 is 0 Å². The van der Waals surface area contributed by atoms with Gasteiger partial charge in [0.05, 0.1) is 10.6 Å². The number of aromatic nitrogens is 1. The minimum Gasteiger partial charge on any atom is -0.336 e. The van der Waals surface area contributed by atoms with Gasteiger partial charge in [-0.15, -0.1) is 5.10 Å². The van der Waals surface area contributed by atoms with E-state index in [9.17, 15) is 0 Å². The van der Waals surface area contributed by atoms with E-state index in [2.05, 4.69) is 22.3 Å². The molecule has 0 bridgehead atoms. The Labute approximate surface area is 167 Å². The van der Waals surface area contributed by atoms with Crippen LogP contribution < -0.4 is 10.6 Å². The number of benzene rings is 2. The molecule has 0 aliphatic heterocycles. The molecule has 1 aliphatic rings. The molecule has 0 amide bonds. The molecule has 2 aromatic carbocycles. The number of hydrogen-bond acceptors (Lipinski definition) is 4. The highest BCUT2D eigenvalue weighted by atomic mass is 35.5. The summed E-state index contributed by atoms with van der Waals surface area (Å²) in [6.07, 6.45) is 5.76. The van der Waals surface area contributed by atoms with Gasteiger partial charge in [0.1, 0.15) is 0 Å². The minimum atomic E-state index is 0.692. The lowest BCUT2D eigenvalue weighted by molar-refractivity contribution is 0.663. The summed E-state index contributed by atoms with van der Waals surface area (Å²) in [6.45, 7) is 0. The second-order valence-corrected chi connectivity index (χ2v) is 8.05. The molecule has 1 aliphatic carbocycles. The molecule has 0 radical (unpaired) electrons. The van der Waals surface area contributed by atoms with E-state index in [1.807, 2.05) is 42.5 Å². The summed E-state index contributed by atoms with van der Waals surface area (Å²) in [5, 5.41) is 9.70. The van der Waals surface area contributed by atoms with Crippen LogP contribution in [0.1, 0.15) is 32.1 Å². The van der Waals surface area contributed by atoms with Crippen LogP contribution in [0.2, 0.25) is 5.02 Å². The van der Waals surface area contributed by atoms with E-state index in [4.69, 9.17) is 17.4 Å². The summed E-state index contributed by atoms with van der Waals surface area (Å²) in [5.41, 5.74) is 4.21. The first-order valence-corrected chi connectivity index (χ1v) is 10.3. The van der Waals surface area contributed by atoms with Gasteiger partial charge in [0.25, 0.3) is 0 Å². The summed E-state index contributed by atoms with van der Waals surface area (Å²) in [7, 11) is 0. The Balaban J connectivity index is 1.85. The highest BCUT2D eigenvalue weighted by molar-refractivity contribution is 7.13. The van der Waals surface area contributed by atoms with E-state index in [-0.39, 0.29) is 0 Å². The lowest BCUT2D eigenvalue weighted by atomic mass is 9.99. The molecule has 2 N–H and O–H groups in total. The lowest BCUT2D eigenvalue weighted by Crippen LogP contribution is -2.23. The van der Waals surface area contributed by atoms with E-state index in [1.165, 1.54) is 25.0 Å². The Bertz CT molecular complexity index is 1010. The summed E-state index contributed by atoms with van der Waals surface area (Å²) in [4.78, 5) is 1.76. The van der Waals surface area contributed by atoms with Crippen molar-refractivity contribution in [3.63, 3.8) is 0 Å². The van der Waals surface area contributed by atoms with Gasteiger partial charge in [-0.25, -0.2) is 4.68 Å². The van der Waals surface area contributed by atoms with Crippen molar-refractivity contribution in [2.75, 3.05) is 5.84 Å². The van der Waals surface area contributed by atoms with Crippen LogP contribution in [0, 0.1) is 0 Å². The maximum atomic E-state index is 6.46. The highest BCUT2D eigenvalue weighted by Crippen LogP contribution is 2.34. The zero-order valence-corrected chi connectivity index (χ0v) is 16.5. The van der Waals surface area contributed by atoms with Crippen molar-refractivity contribution in [3.8, 4) is 21.7 Å². The van der Waals surface area contributed by atoms with Crippen molar-refractivity contribution in [1.29, 1.82) is 0 Å². The van der Waals surface area contributed by atoms with E-state index in [0.717, 1.165) is 34.5 Å². The Hall–Kier alpha value is -2.37. The quantitative estimate of drug-likeness (QED) is 0.463. The van der Waals surface area contributed by atoms with Gasteiger partial charge in [0, 0.05) is 16.3 Å². The van der Waals surface area contributed by atoms with Crippen LogP contribution >= 0.6 is 22.9 Å². The van der Waals surface area contributed by atoms with E-state index < -0.39 is 0 Å². The van der Waals surface area contributed by atoms with E-state index in [1.54, 1.807) is 16.0 Å². The first-order valence-electron chi connectivity index (χ1n) is 9.14. The van der Waals surface area contributed by atoms with Crippen molar-refractivity contribution in [1.82, 2.24) is 4.68 Å². The van der Waals surface area contributed by atoms with Crippen molar-refractivity contribution >= 4 is 28.6 Å². The third-order valence-electron chi connectivity index (χ3n) is 4.72. The molecule has 4 rings (SSSR count). The fraction of sp³-hybridized carbons (Fsp3) is 0.238. The molecule has 27 heavy (non-hydrogen) atoms. The first kappa shape index (κ1) is 18.0. The minimum absolute atomic E-state index is 0.692. The number of rotatable bonds is 3. The average Bonchev–Trinajstić information content (AvgIpc) is 3.05. The summed E-state index contributed by atoms with van der Waals surface area (Å²) >= 11 is 7.62. The SMILES string of the molecule is Nn1c(-c2ccc(Cl)cc2)c(-c2ccccc2)sc1=NN=C1CCCCC1. The largest absolute Gasteiger partial charge is 0.336 e. The van der Waals surface area contributed by atoms with Gasteiger partial charge >= 0.3 is 0 Å². The van der Waals surface area contributed by atoms with Gasteiger partial charge in [-0.3, -0.25) is 0 Å². The van der Waals surface area contributed by atoms with Crippen LogP contribution in [0.25, 0.3) is 21.7 Å². The predicted molar refractivity (Wildman–Crippen MR) is 114 cm³/mol. The molecule has 1 saturated carbocycles. The van der Waals surface area contributed by atoms with E-state index >= 15 is 0 Å². The van der Waals surface area contributed by atoms with Gasteiger partial charge < -0.3 is 5.84 Å². The molecule has 0 unspecified atom stereocenters. The molecule has 138 valence electrons. The molecule has 0 saturated heterocycles.